The van der Waals surface area contributed by atoms with Gasteiger partial charge in [0.25, 0.3) is 0 Å². The lowest BCUT2D eigenvalue weighted by molar-refractivity contribution is 0.0932. The predicted molar refractivity (Wildman–Crippen MR) is 57.9 cm³/mol. The van der Waals surface area contributed by atoms with Gasteiger partial charge in [-0.05, 0) is 32.1 Å². The van der Waals surface area contributed by atoms with Crippen LogP contribution in [0.15, 0.2) is 10.5 Å². The Morgan fingerprint density at radius 3 is 2.86 bits per heavy atom. The number of aryl methyl sites for hydroxylation is 2. The Kier molecular flexibility index (Phi) is 2.68. The molecule has 0 bridgehead atoms. The van der Waals surface area contributed by atoms with E-state index in [0.29, 0.717) is 0 Å². The van der Waals surface area contributed by atoms with Crippen molar-refractivity contribution in [1.29, 1.82) is 0 Å². The molecule has 1 saturated heterocycles. The first-order valence-corrected chi connectivity index (χ1v) is 6.03. The average molecular weight is 210 g/mol. The molecule has 0 aliphatic carbocycles. The Hall–Kier alpha value is -0.700. The topological polar surface area (TPSA) is 30.2 Å². The summed E-state index contributed by atoms with van der Waals surface area (Å²) in [4.78, 5) is 12.0. The third-order valence-electron chi connectivity index (χ3n) is 2.61. The van der Waals surface area contributed by atoms with Crippen molar-refractivity contribution in [3.63, 3.8) is 0 Å². The largest absolute Gasteiger partial charge is 0.466 e. The molecule has 1 unspecified atom stereocenters. The van der Waals surface area contributed by atoms with E-state index < -0.39 is 0 Å². The van der Waals surface area contributed by atoms with Crippen LogP contribution < -0.4 is 0 Å². The minimum atomic E-state index is 0.218. The van der Waals surface area contributed by atoms with E-state index in [1.54, 1.807) is 0 Å². The zero-order valence-electron chi connectivity index (χ0n) is 8.50. The molecule has 2 heterocycles. The summed E-state index contributed by atoms with van der Waals surface area (Å²) >= 11 is 1.87. The number of hydrogen-bond donors (Lipinski definition) is 0. The van der Waals surface area contributed by atoms with Crippen LogP contribution in [-0.4, -0.2) is 17.3 Å². The molecule has 0 N–H and O–H groups in total. The second kappa shape index (κ2) is 3.81. The maximum atomic E-state index is 12.0. The Labute approximate surface area is 88.1 Å². The molecule has 1 fully saturated rings. The maximum absolute atomic E-state index is 12.0. The first-order chi connectivity index (χ1) is 6.68. The van der Waals surface area contributed by atoms with Crippen LogP contribution in [-0.2, 0) is 0 Å². The van der Waals surface area contributed by atoms with E-state index >= 15 is 0 Å². The van der Waals surface area contributed by atoms with Crippen molar-refractivity contribution < 1.29 is 9.21 Å². The van der Waals surface area contributed by atoms with Gasteiger partial charge in [0.05, 0.1) is 5.56 Å². The highest BCUT2D eigenvalue weighted by Gasteiger charge is 2.26. The Balaban J connectivity index is 2.21. The number of thioether (sulfide) groups is 1. The summed E-state index contributed by atoms with van der Waals surface area (Å²) < 4.78 is 5.37. The third-order valence-corrected chi connectivity index (χ3v) is 3.77. The highest BCUT2D eigenvalue weighted by molar-refractivity contribution is 7.99. The van der Waals surface area contributed by atoms with Crippen molar-refractivity contribution in [3.05, 3.63) is 23.2 Å². The molecule has 1 aliphatic heterocycles. The van der Waals surface area contributed by atoms with Gasteiger partial charge in [-0.3, -0.25) is 4.79 Å². The van der Waals surface area contributed by atoms with Gasteiger partial charge in [0.2, 0.25) is 0 Å². The molecule has 3 heteroatoms. The van der Waals surface area contributed by atoms with Gasteiger partial charge >= 0.3 is 0 Å². The summed E-state index contributed by atoms with van der Waals surface area (Å²) in [6, 6.07) is 1.86. The van der Waals surface area contributed by atoms with Crippen LogP contribution in [0.2, 0.25) is 0 Å². The quantitative estimate of drug-likeness (QED) is 0.703. The van der Waals surface area contributed by atoms with E-state index in [1.165, 1.54) is 0 Å². The molecule has 1 aromatic heterocycles. The minimum Gasteiger partial charge on any atom is -0.466 e. The van der Waals surface area contributed by atoms with Gasteiger partial charge in [-0.2, -0.15) is 11.8 Å². The highest BCUT2D eigenvalue weighted by atomic mass is 32.2. The first-order valence-electron chi connectivity index (χ1n) is 4.87. The van der Waals surface area contributed by atoms with Crippen LogP contribution in [0.5, 0.6) is 0 Å². The zero-order valence-corrected chi connectivity index (χ0v) is 9.32. The van der Waals surface area contributed by atoms with Crippen LogP contribution in [0.3, 0.4) is 0 Å². The second-order valence-electron chi connectivity index (χ2n) is 3.75. The van der Waals surface area contributed by atoms with E-state index in [9.17, 15) is 4.79 Å². The maximum Gasteiger partial charge on any atom is 0.170 e. The molecule has 0 spiro atoms. The molecule has 1 aromatic rings. The standard InChI is InChI=1S/C11H14O2S/c1-7-5-10(8(2)13-7)11(12)9-3-4-14-6-9/h5,9H,3-4,6H2,1-2H3. The lowest BCUT2D eigenvalue weighted by atomic mass is 9.97. The molecule has 14 heavy (non-hydrogen) atoms. The predicted octanol–water partition coefficient (Wildman–Crippen LogP) is 2.83. The molecule has 76 valence electrons. The van der Waals surface area contributed by atoms with E-state index in [-0.39, 0.29) is 11.7 Å². The average Bonchev–Trinajstić information content (AvgIpc) is 2.73. The second-order valence-corrected chi connectivity index (χ2v) is 4.90. The number of ketones is 1. The number of rotatable bonds is 2. The number of furan rings is 1. The van der Waals surface area contributed by atoms with Crippen LogP contribution in [0.4, 0.5) is 0 Å². The van der Waals surface area contributed by atoms with Gasteiger partial charge < -0.3 is 4.42 Å². The summed E-state index contributed by atoms with van der Waals surface area (Å²) in [5.74, 6) is 4.18. The van der Waals surface area contributed by atoms with Crippen molar-refractivity contribution in [3.8, 4) is 0 Å². The Morgan fingerprint density at radius 2 is 2.36 bits per heavy atom. The van der Waals surface area contributed by atoms with Crippen LogP contribution in [0.25, 0.3) is 0 Å². The highest BCUT2D eigenvalue weighted by Crippen LogP contribution is 2.28. The van der Waals surface area contributed by atoms with Gasteiger partial charge in [-0.1, -0.05) is 0 Å². The van der Waals surface area contributed by atoms with Crippen molar-refractivity contribution in [2.45, 2.75) is 20.3 Å². The number of Topliss-reactive ketones (excluding diaryl/α,β-unsaturated/α-hetero) is 1. The van der Waals surface area contributed by atoms with E-state index in [2.05, 4.69) is 0 Å². The summed E-state index contributed by atoms with van der Waals surface area (Å²) in [7, 11) is 0. The van der Waals surface area contributed by atoms with Crippen molar-refractivity contribution in [1.82, 2.24) is 0 Å². The lowest BCUT2D eigenvalue weighted by Gasteiger charge is -2.04. The van der Waals surface area contributed by atoms with Gasteiger partial charge in [0.15, 0.2) is 5.78 Å². The molecule has 0 aromatic carbocycles. The number of carbonyl (C=O) groups is 1. The van der Waals surface area contributed by atoms with Crippen molar-refractivity contribution in [2.75, 3.05) is 11.5 Å². The van der Waals surface area contributed by atoms with Gasteiger partial charge in [-0.25, -0.2) is 0 Å². The first kappa shape index (κ1) is 9.84. The summed E-state index contributed by atoms with van der Waals surface area (Å²) in [5, 5.41) is 0. The Bertz CT molecular complexity index is 348. The fourth-order valence-corrected chi connectivity index (χ4v) is 3.06. The summed E-state index contributed by atoms with van der Waals surface area (Å²) in [6.07, 6.45) is 1.02. The molecule has 0 radical (unpaired) electrons. The molecule has 1 atom stereocenters. The molecule has 1 aliphatic rings. The number of hydrogen-bond acceptors (Lipinski definition) is 3. The fraction of sp³-hybridized carbons (Fsp3) is 0.545. The van der Waals surface area contributed by atoms with Gasteiger partial charge in [0, 0.05) is 11.7 Å². The van der Waals surface area contributed by atoms with E-state index in [4.69, 9.17) is 4.42 Å². The Morgan fingerprint density at radius 1 is 1.57 bits per heavy atom. The molecular weight excluding hydrogens is 196 g/mol. The van der Waals surface area contributed by atoms with Gasteiger partial charge in [0.1, 0.15) is 11.5 Å². The summed E-state index contributed by atoms with van der Waals surface area (Å²) in [6.45, 7) is 3.75. The smallest absolute Gasteiger partial charge is 0.170 e. The SMILES string of the molecule is Cc1cc(C(=O)C2CCSC2)c(C)o1. The summed E-state index contributed by atoms with van der Waals surface area (Å²) in [5.41, 5.74) is 0.787. The van der Waals surface area contributed by atoms with Crippen LogP contribution in [0, 0.1) is 19.8 Å². The molecule has 2 nitrogen and oxygen atoms in total. The monoisotopic (exact) mass is 210 g/mol. The van der Waals surface area contributed by atoms with Crippen LogP contribution >= 0.6 is 11.8 Å². The molecule has 2 rings (SSSR count). The third kappa shape index (κ3) is 1.73. The molecule has 0 amide bonds. The van der Waals surface area contributed by atoms with Crippen molar-refractivity contribution in [2.24, 2.45) is 5.92 Å². The lowest BCUT2D eigenvalue weighted by Crippen LogP contribution is -2.13. The zero-order chi connectivity index (χ0) is 10.1. The molecule has 0 saturated carbocycles. The van der Waals surface area contributed by atoms with Crippen LogP contribution in [0.1, 0.15) is 28.3 Å². The van der Waals surface area contributed by atoms with E-state index in [0.717, 1.165) is 35.0 Å². The number of carbonyl (C=O) groups excluding carboxylic acids is 1. The fourth-order valence-electron chi connectivity index (χ4n) is 1.84. The van der Waals surface area contributed by atoms with Crippen molar-refractivity contribution >= 4 is 17.5 Å². The minimum absolute atomic E-state index is 0.218. The van der Waals surface area contributed by atoms with Gasteiger partial charge in [-0.15, -0.1) is 0 Å². The normalized spacial score (nSPS) is 21.4. The molecular formula is C11H14O2S. The van der Waals surface area contributed by atoms with E-state index in [1.807, 2.05) is 31.7 Å².